The number of alkyl halides is 1. The van der Waals surface area contributed by atoms with Crippen LogP contribution in [0.1, 0.15) is 27.2 Å². The van der Waals surface area contributed by atoms with Crippen molar-refractivity contribution < 1.29 is 14.3 Å². The molecular formula is C11H18BrNO3. The summed E-state index contributed by atoms with van der Waals surface area (Å²) in [7, 11) is 0. The van der Waals surface area contributed by atoms with Gasteiger partial charge in [0.2, 0.25) is 5.91 Å². The Hall–Kier alpha value is -0.840. The Morgan fingerprint density at radius 3 is 2.50 bits per heavy atom. The highest BCUT2D eigenvalue weighted by Gasteiger charge is 2.34. The lowest BCUT2D eigenvalue weighted by Crippen LogP contribution is -2.52. The molecular weight excluding hydrogens is 274 g/mol. The van der Waals surface area contributed by atoms with Crippen LogP contribution in [0, 0.1) is 0 Å². The summed E-state index contributed by atoms with van der Waals surface area (Å²) in [5.74, 6) is -0.660. The fourth-order valence-corrected chi connectivity index (χ4v) is 1.51. The van der Waals surface area contributed by atoms with Crippen LogP contribution in [0.5, 0.6) is 0 Å². The highest BCUT2D eigenvalue weighted by atomic mass is 79.9. The molecule has 0 spiro atoms. The average Bonchev–Trinajstić information content (AvgIpc) is 2.17. The molecule has 0 saturated carbocycles. The van der Waals surface area contributed by atoms with Gasteiger partial charge in [-0.05, 0) is 20.3 Å². The molecule has 0 aliphatic rings. The highest BCUT2D eigenvalue weighted by molar-refractivity contribution is 9.09. The number of carbonyl (C=O) groups is 2. The Bertz CT molecular complexity index is 278. The topological polar surface area (TPSA) is 55.4 Å². The van der Waals surface area contributed by atoms with E-state index in [-0.39, 0.29) is 5.91 Å². The molecule has 16 heavy (non-hydrogen) atoms. The Morgan fingerprint density at radius 2 is 2.06 bits per heavy atom. The second-order valence-electron chi connectivity index (χ2n) is 3.56. The van der Waals surface area contributed by atoms with E-state index < -0.39 is 11.5 Å². The maximum atomic E-state index is 11.7. The number of ether oxygens (including phenoxy) is 1. The quantitative estimate of drug-likeness (QED) is 0.461. The minimum Gasteiger partial charge on any atom is -0.464 e. The lowest BCUT2D eigenvalue weighted by Gasteiger charge is -2.26. The normalized spacial score (nSPS) is 14.5. The molecule has 0 saturated heterocycles. The number of carbonyl (C=O) groups excluding carboxylic acids is 2. The number of esters is 1. The van der Waals surface area contributed by atoms with Gasteiger partial charge in [0.1, 0.15) is 5.54 Å². The lowest BCUT2D eigenvalue weighted by molar-refractivity contribution is -0.152. The second-order valence-corrected chi connectivity index (χ2v) is 4.21. The Labute approximate surface area is 105 Å². The van der Waals surface area contributed by atoms with Gasteiger partial charge >= 0.3 is 5.97 Å². The van der Waals surface area contributed by atoms with Crippen LogP contribution >= 0.6 is 15.9 Å². The van der Waals surface area contributed by atoms with E-state index in [1.54, 1.807) is 13.8 Å². The van der Waals surface area contributed by atoms with E-state index >= 15 is 0 Å². The summed E-state index contributed by atoms with van der Waals surface area (Å²) >= 11 is 3.25. The van der Waals surface area contributed by atoms with Crippen molar-refractivity contribution >= 4 is 27.8 Å². The molecule has 0 aromatic rings. The van der Waals surface area contributed by atoms with Crippen LogP contribution in [-0.2, 0) is 14.3 Å². The summed E-state index contributed by atoms with van der Waals surface area (Å²) in [5.41, 5.74) is -0.986. The molecule has 0 aromatic heterocycles. The molecule has 0 fully saturated rings. The summed E-state index contributed by atoms with van der Waals surface area (Å²) in [6, 6.07) is 0. The van der Waals surface area contributed by atoms with E-state index in [0.29, 0.717) is 18.4 Å². The van der Waals surface area contributed by atoms with Gasteiger partial charge in [-0.1, -0.05) is 28.1 Å². The molecule has 0 radical (unpaired) electrons. The summed E-state index contributed by atoms with van der Waals surface area (Å²) in [6.07, 6.45) is 4.12. The Kier molecular flexibility index (Phi) is 7.05. The molecule has 92 valence electrons. The zero-order valence-corrected chi connectivity index (χ0v) is 11.5. The third kappa shape index (κ3) is 5.30. The van der Waals surface area contributed by atoms with Crippen LogP contribution in [0.3, 0.4) is 0 Å². The molecule has 0 heterocycles. The van der Waals surface area contributed by atoms with Gasteiger partial charge in [-0.3, -0.25) is 4.79 Å². The SMILES string of the molecule is CCOC(=O)C(C)(CC=CCBr)NC(C)=O. The summed E-state index contributed by atoms with van der Waals surface area (Å²) < 4.78 is 4.94. The molecule has 5 heteroatoms. The number of allylic oxidation sites excluding steroid dienone is 1. The van der Waals surface area contributed by atoms with Crippen LogP contribution in [0.25, 0.3) is 0 Å². The lowest BCUT2D eigenvalue weighted by atomic mass is 9.97. The minimum atomic E-state index is -0.986. The zero-order chi connectivity index (χ0) is 12.6. The van der Waals surface area contributed by atoms with Crippen molar-refractivity contribution in [3.63, 3.8) is 0 Å². The first kappa shape index (κ1) is 15.2. The van der Waals surface area contributed by atoms with Crippen LogP contribution in [0.2, 0.25) is 0 Å². The zero-order valence-electron chi connectivity index (χ0n) is 9.88. The predicted octanol–water partition coefficient (Wildman–Crippen LogP) is 1.79. The van der Waals surface area contributed by atoms with Crippen molar-refractivity contribution in [1.82, 2.24) is 5.32 Å². The largest absolute Gasteiger partial charge is 0.464 e. The van der Waals surface area contributed by atoms with Gasteiger partial charge < -0.3 is 10.1 Å². The third-order valence-corrected chi connectivity index (χ3v) is 2.33. The van der Waals surface area contributed by atoms with Gasteiger partial charge in [-0.2, -0.15) is 0 Å². The highest BCUT2D eigenvalue weighted by Crippen LogP contribution is 2.13. The molecule has 0 aromatic carbocycles. The smallest absolute Gasteiger partial charge is 0.331 e. The van der Waals surface area contributed by atoms with Crippen molar-refractivity contribution in [2.75, 3.05) is 11.9 Å². The van der Waals surface area contributed by atoms with E-state index in [2.05, 4.69) is 21.2 Å². The molecule has 1 atom stereocenters. The van der Waals surface area contributed by atoms with E-state index in [9.17, 15) is 9.59 Å². The van der Waals surface area contributed by atoms with E-state index in [1.165, 1.54) is 6.92 Å². The standard InChI is InChI=1S/C11H18BrNO3/c1-4-16-10(15)11(3,13-9(2)14)7-5-6-8-12/h5-6H,4,7-8H2,1-3H3,(H,13,14). The summed E-state index contributed by atoms with van der Waals surface area (Å²) in [5, 5.41) is 3.33. The molecule has 1 amide bonds. The first-order valence-corrected chi connectivity index (χ1v) is 6.25. The fraction of sp³-hybridized carbons (Fsp3) is 0.636. The molecule has 4 nitrogen and oxygen atoms in total. The number of halogens is 1. The van der Waals surface area contributed by atoms with Gasteiger partial charge in [0, 0.05) is 12.3 Å². The summed E-state index contributed by atoms with van der Waals surface area (Å²) in [4.78, 5) is 22.8. The van der Waals surface area contributed by atoms with Crippen molar-refractivity contribution in [2.24, 2.45) is 0 Å². The first-order valence-electron chi connectivity index (χ1n) is 5.13. The van der Waals surface area contributed by atoms with Crippen molar-refractivity contribution in [2.45, 2.75) is 32.7 Å². The maximum absolute atomic E-state index is 11.7. The average molecular weight is 292 g/mol. The van der Waals surface area contributed by atoms with Gasteiger partial charge in [-0.25, -0.2) is 4.79 Å². The number of hydrogen-bond donors (Lipinski definition) is 1. The second kappa shape index (κ2) is 7.44. The molecule has 0 bridgehead atoms. The van der Waals surface area contributed by atoms with Gasteiger partial charge in [-0.15, -0.1) is 0 Å². The van der Waals surface area contributed by atoms with Gasteiger partial charge in [0.05, 0.1) is 6.61 Å². The third-order valence-electron chi connectivity index (χ3n) is 1.96. The monoisotopic (exact) mass is 291 g/mol. The molecule has 1 unspecified atom stereocenters. The number of nitrogens with one attached hydrogen (secondary N) is 1. The first-order chi connectivity index (χ1) is 7.46. The van der Waals surface area contributed by atoms with E-state index in [4.69, 9.17) is 4.74 Å². The number of amides is 1. The predicted molar refractivity (Wildman–Crippen MR) is 66.4 cm³/mol. The number of hydrogen-bond acceptors (Lipinski definition) is 3. The fourth-order valence-electron chi connectivity index (χ4n) is 1.25. The van der Waals surface area contributed by atoms with E-state index in [1.807, 2.05) is 12.2 Å². The molecule has 0 aliphatic heterocycles. The van der Waals surface area contributed by atoms with Crippen molar-refractivity contribution in [3.8, 4) is 0 Å². The Balaban J connectivity index is 4.65. The van der Waals surface area contributed by atoms with Crippen LogP contribution in [-0.4, -0.2) is 29.4 Å². The number of rotatable bonds is 6. The van der Waals surface area contributed by atoms with Gasteiger partial charge in [0.15, 0.2) is 0 Å². The Morgan fingerprint density at radius 1 is 1.44 bits per heavy atom. The van der Waals surface area contributed by atoms with Crippen LogP contribution in [0.4, 0.5) is 0 Å². The minimum absolute atomic E-state index is 0.247. The van der Waals surface area contributed by atoms with E-state index in [0.717, 1.165) is 0 Å². The van der Waals surface area contributed by atoms with Crippen molar-refractivity contribution in [3.05, 3.63) is 12.2 Å². The molecule has 0 aliphatic carbocycles. The van der Waals surface area contributed by atoms with Gasteiger partial charge in [0.25, 0.3) is 0 Å². The molecule has 0 rings (SSSR count). The molecule has 1 N–H and O–H groups in total. The van der Waals surface area contributed by atoms with Crippen LogP contribution in [0.15, 0.2) is 12.2 Å². The van der Waals surface area contributed by atoms with Crippen molar-refractivity contribution in [1.29, 1.82) is 0 Å². The maximum Gasteiger partial charge on any atom is 0.331 e. The van der Waals surface area contributed by atoms with Crippen LogP contribution < -0.4 is 5.32 Å². The summed E-state index contributed by atoms with van der Waals surface area (Å²) in [6.45, 7) is 5.08.